The van der Waals surface area contributed by atoms with Gasteiger partial charge in [-0.15, -0.1) is 0 Å². The van der Waals surface area contributed by atoms with E-state index in [2.05, 4.69) is 10.4 Å². The van der Waals surface area contributed by atoms with Crippen LogP contribution in [0.15, 0.2) is 0 Å². The van der Waals surface area contributed by atoms with E-state index in [1.54, 1.807) is 6.92 Å². The molecule has 1 amide bonds. The van der Waals surface area contributed by atoms with Gasteiger partial charge in [-0.3, -0.25) is 4.79 Å². The normalized spacial score (nSPS) is 14.8. The van der Waals surface area contributed by atoms with Crippen molar-refractivity contribution >= 4 is 17.7 Å². The molecule has 1 aliphatic rings. The molecule has 0 fully saturated rings. The van der Waals surface area contributed by atoms with Gasteiger partial charge in [0.05, 0.1) is 12.2 Å². The van der Waals surface area contributed by atoms with Gasteiger partial charge in [-0.1, -0.05) is 0 Å². The third-order valence-electron chi connectivity index (χ3n) is 2.15. The average Bonchev–Trinajstić information content (AvgIpc) is 2.40. The monoisotopic (exact) mass is 195 g/mol. The molecule has 0 atom stereocenters. The van der Waals surface area contributed by atoms with Crippen LogP contribution >= 0.6 is 0 Å². The lowest BCUT2D eigenvalue weighted by Gasteiger charge is -2.14. The van der Waals surface area contributed by atoms with Crippen LogP contribution in [-0.4, -0.2) is 26.8 Å². The van der Waals surface area contributed by atoms with Crippen molar-refractivity contribution in [3.05, 3.63) is 11.3 Å². The molecule has 2 N–H and O–H groups in total. The molecule has 0 bridgehead atoms. The lowest BCUT2D eigenvalue weighted by molar-refractivity contribution is -0.116. The number of hydrogen-bond acceptors (Lipinski definition) is 3. The minimum Gasteiger partial charge on any atom is -0.477 e. The van der Waals surface area contributed by atoms with Gasteiger partial charge < -0.3 is 10.4 Å². The second-order valence-corrected chi connectivity index (χ2v) is 3.14. The van der Waals surface area contributed by atoms with Crippen LogP contribution in [-0.2, 0) is 11.3 Å². The van der Waals surface area contributed by atoms with Crippen molar-refractivity contribution in [2.75, 3.05) is 5.32 Å². The average molecular weight is 195 g/mol. The molecular weight excluding hydrogens is 186 g/mol. The number of aromatic carboxylic acids is 1. The van der Waals surface area contributed by atoms with Crippen LogP contribution in [0.2, 0.25) is 0 Å². The summed E-state index contributed by atoms with van der Waals surface area (Å²) in [6.45, 7) is 2.05. The van der Waals surface area contributed by atoms with Gasteiger partial charge in [0, 0.05) is 6.42 Å². The Morgan fingerprint density at radius 1 is 1.64 bits per heavy atom. The number of rotatable bonds is 1. The number of hydrogen-bond donors (Lipinski definition) is 2. The third-order valence-corrected chi connectivity index (χ3v) is 2.15. The Kier molecular flexibility index (Phi) is 1.77. The highest BCUT2D eigenvalue weighted by Gasteiger charge is 2.25. The smallest absolute Gasteiger partial charge is 0.341 e. The van der Waals surface area contributed by atoms with Gasteiger partial charge in [0.2, 0.25) is 5.91 Å². The molecule has 1 aromatic heterocycles. The summed E-state index contributed by atoms with van der Waals surface area (Å²) >= 11 is 0. The number of nitrogens with zero attached hydrogens (tertiary/aromatic N) is 2. The molecule has 0 saturated carbocycles. The van der Waals surface area contributed by atoms with E-state index in [4.69, 9.17) is 5.11 Å². The first-order valence-electron chi connectivity index (χ1n) is 4.20. The lowest BCUT2D eigenvalue weighted by atomic mass is 10.2. The molecule has 6 nitrogen and oxygen atoms in total. The lowest BCUT2D eigenvalue weighted by Crippen LogP contribution is -2.24. The summed E-state index contributed by atoms with van der Waals surface area (Å²) in [4.78, 5) is 21.9. The number of aromatic nitrogens is 2. The highest BCUT2D eigenvalue weighted by Crippen LogP contribution is 2.22. The highest BCUT2D eigenvalue weighted by atomic mass is 16.4. The third kappa shape index (κ3) is 1.15. The zero-order valence-electron chi connectivity index (χ0n) is 7.57. The van der Waals surface area contributed by atoms with Gasteiger partial charge in [-0.2, -0.15) is 5.10 Å². The number of fused-ring (bicyclic) bond motifs is 1. The summed E-state index contributed by atoms with van der Waals surface area (Å²) in [5, 5.41) is 15.4. The van der Waals surface area contributed by atoms with E-state index in [-0.39, 0.29) is 11.5 Å². The first-order valence-corrected chi connectivity index (χ1v) is 4.20. The van der Waals surface area contributed by atoms with E-state index >= 15 is 0 Å². The Hall–Kier alpha value is -1.85. The second kappa shape index (κ2) is 2.83. The van der Waals surface area contributed by atoms with E-state index in [1.807, 2.05) is 0 Å². The van der Waals surface area contributed by atoms with Crippen LogP contribution in [0.25, 0.3) is 0 Å². The van der Waals surface area contributed by atoms with Crippen LogP contribution in [0.5, 0.6) is 0 Å². The van der Waals surface area contributed by atoms with Gasteiger partial charge in [0.25, 0.3) is 0 Å². The second-order valence-electron chi connectivity index (χ2n) is 3.14. The molecule has 2 rings (SSSR count). The SMILES string of the molecule is Cc1nn2c(c1C(=O)O)NC(=O)CC2. The Bertz CT molecular complexity index is 422. The van der Waals surface area contributed by atoms with Crippen molar-refractivity contribution in [3.63, 3.8) is 0 Å². The number of aryl methyl sites for hydroxylation is 2. The molecule has 14 heavy (non-hydrogen) atoms. The van der Waals surface area contributed by atoms with Gasteiger partial charge in [0.15, 0.2) is 0 Å². The predicted octanol–water partition coefficient (Wildman–Crippen LogP) is 0.232. The molecule has 1 aliphatic heterocycles. The maximum atomic E-state index is 11.1. The number of carbonyl (C=O) groups excluding carboxylic acids is 1. The number of amides is 1. The Morgan fingerprint density at radius 3 is 3.00 bits per heavy atom. The Morgan fingerprint density at radius 2 is 2.36 bits per heavy atom. The van der Waals surface area contributed by atoms with E-state index in [1.165, 1.54) is 4.68 Å². The molecule has 2 heterocycles. The van der Waals surface area contributed by atoms with Crippen molar-refractivity contribution in [3.8, 4) is 0 Å². The first kappa shape index (κ1) is 8.74. The summed E-state index contributed by atoms with van der Waals surface area (Å²) in [7, 11) is 0. The minimum absolute atomic E-state index is 0.0815. The van der Waals surface area contributed by atoms with Crippen LogP contribution in [0.1, 0.15) is 22.5 Å². The van der Waals surface area contributed by atoms with Crippen LogP contribution in [0, 0.1) is 6.92 Å². The van der Waals surface area contributed by atoms with E-state index in [0.717, 1.165) is 0 Å². The van der Waals surface area contributed by atoms with Crippen molar-refractivity contribution in [2.45, 2.75) is 19.9 Å². The predicted molar refractivity (Wildman–Crippen MR) is 47.2 cm³/mol. The van der Waals surface area contributed by atoms with E-state index in [9.17, 15) is 9.59 Å². The Labute approximate surface area is 79.5 Å². The molecule has 0 saturated heterocycles. The number of anilines is 1. The van der Waals surface area contributed by atoms with Crippen LogP contribution in [0.3, 0.4) is 0 Å². The van der Waals surface area contributed by atoms with Gasteiger partial charge in [-0.05, 0) is 6.92 Å². The van der Waals surface area contributed by atoms with Crippen molar-refractivity contribution in [1.82, 2.24) is 9.78 Å². The number of carboxylic acids is 1. The molecule has 1 aromatic rings. The molecule has 74 valence electrons. The van der Waals surface area contributed by atoms with Crippen molar-refractivity contribution in [2.24, 2.45) is 0 Å². The molecule has 0 radical (unpaired) electrons. The number of nitrogens with one attached hydrogen (secondary N) is 1. The standard InChI is InChI=1S/C8H9N3O3/c1-4-6(8(13)14)7-9-5(12)2-3-11(7)10-4/h2-3H2,1H3,(H,9,12)(H,13,14). The number of carbonyl (C=O) groups is 2. The van der Waals surface area contributed by atoms with Crippen molar-refractivity contribution < 1.29 is 14.7 Å². The molecule has 0 aliphatic carbocycles. The Balaban J connectivity index is 2.56. The highest BCUT2D eigenvalue weighted by molar-refractivity contribution is 6.01. The summed E-state index contributed by atoms with van der Waals surface area (Å²) in [6.07, 6.45) is 0.340. The fourth-order valence-corrected chi connectivity index (χ4v) is 1.53. The van der Waals surface area contributed by atoms with Crippen LogP contribution < -0.4 is 5.32 Å². The largest absolute Gasteiger partial charge is 0.477 e. The van der Waals surface area contributed by atoms with Crippen molar-refractivity contribution in [1.29, 1.82) is 0 Å². The molecular formula is C8H9N3O3. The summed E-state index contributed by atoms with van der Waals surface area (Å²) in [5.74, 6) is -0.933. The number of carboxylic acid groups (broad SMARTS) is 1. The minimum atomic E-state index is -1.06. The first-order chi connectivity index (χ1) is 6.59. The zero-order chi connectivity index (χ0) is 10.3. The van der Waals surface area contributed by atoms with Gasteiger partial charge >= 0.3 is 5.97 Å². The fourth-order valence-electron chi connectivity index (χ4n) is 1.53. The summed E-state index contributed by atoms with van der Waals surface area (Å²) < 4.78 is 1.51. The maximum Gasteiger partial charge on any atom is 0.341 e. The quantitative estimate of drug-likeness (QED) is 0.671. The van der Waals surface area contributed by atoms with E-state index in [0.29, 0.717) is 24.5 Å². The molecule has 0 spiro atoms. The molecule has 0 unspecified atom stereocenters. The molecule has 6 heteroatoms. The van der Waals surface area contributed by atoms with E-state index < -0.39 is 5.97 Å². The molecule has 0 aromatic carbocycles. The maximum absolute atomic E-state index is 11.1. The van der Waals surface area contributed by atoms with Gasteiger partial charge in [0.1, 0.15) is 11.4 Å². The summed E-state index contributed by atoms with van der Waals surface area (Å²) in [5.41, 5.74) is 0.507. The van der Waals surface area contributed by atoms with Gasteiger partial charge in [-0.25, -0.2) is 9.48 Å². The fraction of sp³-hybridized carbons (Fsp3) is 0.375. The topological polar surface area (TPSA) is 84.2 Å². The van der Waals surface area contributed by atoms with Crippen LogP contribution in [0.4, 0.5) is 5.82 Å². The summed E-state index contributed by atoms with van der Waals surface area (Å²) in [6, 6.07) is 0. The zero-order valence-corrected chi connectivity index (χ0v) is 7.57.